The summed E-state index contributed by atoms with van der Waals surface area (Å²) in [6.07, 6.45) is 12.2. The summed E-state index contributed by atoms with van der Waals surface area (Å²) in [6.45, 7) is 8.46. The van der Waals surface area contributed by atoms with Crippen LogP contribution in [0.4, 0.5) is 0 Å². The van der Waals surface area contributed by atoms with Crippen molar-refractivity contribution in [2.45, 2.75) is 42.9 Å². The van der Waals surface area contributed by atoms with Crippen molar-refractivity contribution in [1.29, 1.82) is 0 Å². The molecule has 132 valence electrons. The molecule has 0 bridgehead atoms. The quantitative estimate of drug-likeness (QED) is 0.406. The maximum absolute atomic E-state index is 3.99. The first kappa shape index (κ1) is 19.3. The van der Waals surface area contributed by atoms with Crippen LogP contribution in [0.1, 0.15) is 33.1 Å². The number of allylic oxidation sites excluding steroid dienone is 4. The molecule has 2 rings (SSSR count). The molecular formula is C24H30S. The molecule has 0 atom stereocenters. The third-order valence-corrected chi connectivity index (χ3v) is 8.43. The van der Waals surface area contributed by atoms with Crippen molar-refractivity contribution in [2.24, 2.45) is 0 Å². The van der Waals surface area contributed by atoms with Crippen molar-refractivity contribution >= 4 is 10.0 Å². The highest BCUT2D eigenvalue weighted by molar-refractivity contribution is 8.37. The number of benzene rings is 2. The van der Waals surface area contributed by atoms with Crippen LogP contribution in [-0.2, 0) is 0 Å². The largest absolute Gasteiger partial charge is 0.160 e. The molecule has 0 N–H and O–H groups in total. The van der Waals surface area contributed by atoms with Crippen LogP contribution >= 0.6 is 10.0 Å². The van der Waals surface area contributed by atoms with Crippen LogP contribution in [0.3, 0.4) is 0 Å². The summed E-state index contributed by atoms with van der Waals surface area (Å²) in [7, 11) is -1.29. The molecule has 0 nitrogen and oxygen atoms in total. The van der Waals surface area contributed by atoms with Gasteiger partial charge >= 0.3 is 0 Å². The number of hydrogen-bond acceptors (Lipinski definition) is 0. The average Bonchev–Trinajstić information content (AvgIpc) is 2.68. The third kappa shape index (κ3) is 4.55. The van der Waals surface area contributed by atoms with E-state index in [0.29, 0.717) is 0 Å². The highest BCUT2D eigenvalue weighted by Crippen LogP contribution is 2.68. The van der Waals surface area contributed by atoms with Crippen molar-refractivity contribution in [3.05, 3.63) is 96.5 Å². The second kappa shape index (κ2) is 10.1. The van der Waals surface area contributed by atoms with Gasteiger partial charge in [-0.15, -0.1) is 0 Å². The van der Waals surface area contributed by atoms with E-state index >= 15 is 0 Å². The minimum absolute atomic E-state index is 1.04. The molecule has 0 aromatic heterocycles. The van der Waals surface area contributed by atoms with Crippen LogP contribution in [0.15, 0.2) is 106 Å². The molecular weight excluding hydrogens is 320 g/mol. The van der Waals surface area contributed by atoms with E-state index in [1.54, 1.807) is 0 Å². The number of unbranched alkanes of at least 4 members (excludes halogenated alkanes) is 1. The fourth-order valence-corrected chi connectivity index (χ4v) is 7.21. The summed E-state index contributed by atoms with van der Waals surface area (Å²) in [5.74, 6) is 1.17. The second-order valence-corrected chi connectivity index (χ2v) is 9.34. The van der Waals surface area contributed by atoms with E-state index in [0.717, 1.165) is 6.42 Å². The monoisotopic (exact) mass is 350 g/mol. The molecule has 0 saturated heterocycles. The number of hydrogen-bond donors (Lipinski definition) is 0. The fourth-order valence-electron chi connectivity index (χ4n) is 3.07. The van der Waals surface area contributed by atoms with Gasteiger partial charge in [0.1, 0.15) is 0 Å². The second-order valence-electron chi connectivity index (χ2n) is 6.04. The minimum atomic E-state index is -1.29. The van der Waals surface area contributed by atoms with Crippen molar-refractivity contribution in [1.82, 2.24) is 0 Å². The Bertz CT molecular complexity index is 656. The lowest BCUT2D eigenvalue weighted by Gasteiger charge is -2.42. The van der Waals surface area contributed by atoms with Crippen molar-refractivity contribution in [2.75, 3.05) is 5.75 Å². The minimum Gasteiger partial charge on any atom is -0.160 e. The molecule has 1 heteroatoms. The Kier molecular flexibility index (Phi) is 7.81. The highest BCUT2D eigenvalue weighted by Gasteiger charge is 2.30. The average molecular weight is 351 g/mol. The Labute approximate surface area is 155 Å². The first-order valence-corrected chi connectivity index (χ1v) is 11.0. The fraction of sp³-hybridized carbons (Fsp3) is 0.250. The maximum atomic E-state index is 3.99. The third-order valence-electron chi connectivity index (χ3n) is 4.30. The summed E-state index contributed by atoms with van der Waals surface area (Å²) in [5, 5.41) is 0. The predicted octanol–water partition coefficient (Wildman–Crippen LogP) is 7.75. The van der Waals surface area contributed by atoms with Gasteiger partial charge < -0.3 is 0 Å². The molecule has 0 aliphatic heterocycles. The molecule has 0 unspecified atom stereocenters. The zero-order valence-corrected chi connectivity index (χ0v) is 16.3. The Hall–Kier alpha value is -1.99. The molecule has 2 aromatic carbocycles. The van der Waals surface area contributed by atoms with Gasteiger partial charge in [0.2, 0.25) is 0 Å². The van der Waals surface area contributed by atoms with Crippen LogP contribution < -0.4 is 0 Å². The SMILES string of the molecule is C=C/C=C(\C=C/CC)S(CCCC)(c1ccccc1)c1ccccc1. The van der Waals surface area contributed by atoms with Gasteiger partial charge in [-0.2, -0.15) is 10.0 Å². The maximum Gasteiger partial charge on any atom is -0.00187 e. The zero-order valence-electron chi connectivity index (χ0n) is 15.5. The Morgan fingerprint density at radius 1 is 0.920 bits per heavy atom. The lowest BCUT2D eigenvalue weighted by atomic mass is 10.3. The molecule has 0 fully saturated rings. The normalized spacial score (nSPS) is 13.1. The van der Waals surface area contributed by atoms with Gasteiger partial charge in [-0.25, -0.2) is 0 Å². The summed E-state index contributed by atoms with van der Waals surface area (Å²) in [6, 6.07) is 22.1. The molecule has 0 heterocycles. The van der Waals surface area contributed by atoms with E-state index in [4.69, 9.17) is 0 Å². The van der Waals surface area contributed by atoms with Gasteiger partial charge in [-0.1, -0.05) is 87.5 Å². The molecule has 0 aliphatic rings. The van der Waals surface area contributed by atoms with E-state index in [-0.39, 0.29) is 0 Å². The molecule has 0 aliphatic carbocycles. The summed E-state index contributed by atoms with van der Waals surface area (Å²) < 4.78 is 0. The first-order chi connectivity index (χ1) is 12.3. The molecule has 0 radical (unpaired) electrons. The Balaban J connectivity index is 2.76. The zero-order chi connectivity index (χ0) is 18.0. The smallest absolute Gasteiger partial charge is 0.00187 e. The number of rotatable bonds is 9. The van der Waals surface area contributed by atoms with Gasteiger partial charge in [0, 0.05) is 0 Å². The van der Waals surface area contributed by atoms with Crippen LogP contribution in [0, 0.1) is 0 Å². The van der Waals surface area contributed by atoms with E-state index in [1.165, 1.54) is 33.3 Å². The van der Waals surface area contributed by atoms with E-state index in [1.807, 2.05) is 6.08 Å². The van der Waals surface area contributed by atoms with Crippen LogP contribution in [0.5, 0.6) is 0 Å². The van der Waals surface area contributed by atoms with Crippen LogP contribution in [0.25, 0.3) is 0 Å². The summed E-state index contributed by atoms with van der Waals surface area (Å²) >= 11 is 0. The van der Waals surface area contributed by atoms with Gasteiger partial charge in [-0.3, -0.25) is 0 Å². The topological polar surface area (TPSA) is 0 Å². The predicted molar refractivity (Wildman–Crippen MR) is 114 cm³/mol. The van der Waals surface area contributed by atoms with Crippen molar-refractivity contribution in [3.8, 4) is 0 Å². The summed E-state index contributed by atoms with van der Waals surface area (Å²) in [4.78, 5) is 4.27. The Morgan fingerprint density at radius 3 is 1.92 bits per heavy atom. The molecule has 25 heavy (non-hydrogen) atoms. The lowest BCUT2D eigenvalue weighted by Crippen LogP contribution is -2.09. The summed E-state index contributed by atoms with van der Waals surface area (Å²) in [5.41, 5.74) is 0. The first-order valence-electron chi connectivity index (χ1n) is 9.20. The lowest BCUT2D eigenvalue weighted by molar-refractivity contribution is 0.889. The van der Waals surface area contributed by atoms with E-state index in [9.17, 15) is 0 Å². The van der Waals surface area contributed by atoms with E-state index < -0.39 is 10.0 Å². The van der Waals surface area contributed by atoms with Gasteiger partial charge in [0.25, 0.3) is 0 Å². The van der Waals surface area contributed by atoms with Crippen LogP contribution in [-0.4, -0.2) is 5.75 Å². The van der Waals surface area contributed by atoms with Gasteiger partial charge in [0.15, 0.2) is 0 Å². The van der Waals surface area contributed by atoms with Crippen LogP contribution in [0.2, 0.25) is 0 Å². The standard InChI is InChI=1S/C24H30S/c1-4-7-16-22(15-6-3)25(21-8-5-2,23-17-11-9-12-18-23)24-19-13-10-14-20-24/h6-7,9-20H,3-5,8,21H2,1-2H3/b16-7-,22-15+. The highest BCUT2D eigenvalue weighted by atomic mass is 32.3. The van der Waals surface area contributed by atoms with Gasteiger partial charge in [0.05, 0.1) is 0 Å². The molecule has 0 amide bonds. The van der Waals surface area contributed by atoms with E-state index in [2.05, 4.69) is 99.3 Å². The van der Waals surface area contributed by atoms with Crippen molar-refractivity contribution in [3.63, 3.8) is 0 Å². The molecule has 0 saturated carbocycles. The molecule has 2 aromatic rings. The Morgan fingerprint density at radius 2 is 1.48 bits per heavy atom. The van der Waals surface area contributed by atoms with Gasteiger partial charge in [-0.05, 0) is 57.6 Å². The van der Waals surface area contributed by atoms with Crippen molar-refractivity contribution < 1.29 is 0 Å². The molecule has 0 spiro atoms.